The average Bonchev–Trinajstić information content (AvgIpc) is 3.18. The van der Waals surface area contributed by atoms with Crippen LogP contribution in [0.4, 0.5) is 4.79 Å². The minimum absolute atomic E-state index is 0.0707. The lowest BCUT2D eigenvalue weighted by atomic mass is 9.99. The summed E-state index contributed by atoms with van der Waals surface area (Å²) in [6.07, 6.45) is 6.39. The molecule has 2 aromatic heterocycles. The molecule has 27 heavy (non-hydrogen) atoms. The van der Waals surface area contributed by atoms with E-state index in [4.69, 9.17) is 9.47 Å². The lowest BCUT2D eigenvalue weighted by Gasteiger charge is -2.29. The minimum Gasteiger partial charge on any atom is -0.493 e. The van der Waals surface area contributed by atoms with Gasteiger partial charge in [0.05, 0.1) is 14.2 Å². The SMILES string of the molecule is COc1cc2c(cc1OC)CN(C(=O)NCc1ccn3ccnc3c1)CC2. The monoisotopic (exact) mass is 366 g/mol. The Hall–Kier alpha value is -3.22. The van der Waals surface area contributed by atoms with Gasteiger partial charge in [-0.15, -0.1) is 0 Å². The van der Waals surface area contributed by atoms with Crippen molar-refractivity contribution in [1.82, 2.24) is 19.6 Å². The highest BCUT2D eigenvalue weighted by atomic mass is 16.5. The molecule has 4 rings (SSSR count). The van der Waals surface area contributed by atoms with Crippen LogP contribution in [-0.2, 0) is 19.5 Å². The maximum Gasteiger partial charge on any atom is 0.317 e. The van der Waals surface area contributed by atoms with Crippen molar-refractivity contribution >= 4 is 11.7 Å². The number of hydrogen-bond donors (Lipinski definition) is 1. The van der Waals surface area contributed by atoms with E-state index >= 15 is 0 Å². The lowest BCUT2D eigenvalue weighted by Crippen LogP contribution is -2.42. The van der Waals surface area contributed by atoms with Gasteiger partial charge in [0, 0.05) is 38.2 Å². The molecule has 3 heterocycles. The Bertz CT molecular complexity index is 983. The van der Waals surface area contributed by atoms with Gasteiger partial charge in [0.15, 0.2) is 11.5 Å². The Morgan fingerprint density at radius 3 is 2.70 bits per heavy atom. The molecule has 0 aliphatic carbocycles. The highest BCUT2D eigenvalue weighted by Gasteiger charge is 2.22. The summed E-state index contributed by atoms with van der Waals surface area (Å²) in [5.41, 5.74) is 4.18. The second-order valence-corrected chi connectivity index (χ2v) is 6.53. The summed E-state index contributed by atoms with van der Waals surface area (Å²) in [7, 11) is 3.25. The number of pyridine rings is 1. The molecule has 0 radical (unpaired) electrons. The third kappa shape index (κ3) is 3.40. The van der Waals surface area contributed by atoms with E-state index in [1.807, 2.05) is 46.0 Å². The van der Waals surface area contributed by atoms with Crippen LogP contribution in [0.15, 0.2) is 42.9 Å². The van der Waals surface area contributed by atoms with Crippen LogP contribution in [0, 0.1) is 0 Å². The summed E-state index contributed by atoms with van der Waals surface area (Å²) < 4.78 is 12.7. The van der Waals surface area contributed by atoms with Crippen LogP contribution in [-0.4, -0.2) is 41.1 Å². The van der Waals surface area contributed by atoms with Gasteiger partial charge < -0.3 is 24.1 Å². The fourth-order valence-corrected chi connectivity index (χ4v) is 3.41. The molecular weight excluding hydrogens is 344 g/mol. The van der Waals surface area contributed by atoms with Crippen molar-refractivity contribution in [2.75, 3.05) is 20.8 Å². The number of fused-ring (bicyclic) bond motifs is 2. The number of methoxy groups -OCH3 is 2. The number of rotatable bonds is 4. The Morgan fingerprint density at radius 1 is 1.15 bits per heavy atom. The number of carbonyl (C=O) groups excluding carboxylic acids is 1. The van der Waals surface area contributed by atoms with Crippen molar-refractivity contribution in [3.63, 3.8) is 0 Å². The highest BCUT2D eigenvalue weighted by molar-refractivity contribution is 5.74. The Morgan fingerprint density at radius 2 is 1.93 bits per heavy atom. The van der Waals surface area contributed by atoms with Gasteiger partial charge in [-0.25, -0.2) is 9.78 Å². The first kappa shape index (κ1) is 17.2. The average molecular weight is 366 g/mol. The number of ether oxygens (including phenoxy) is 2. The van der Waals surface area contributed by atoms with Crippen molar-refractivity contribution in [3.05, 3.63) is 59.5 Å². The maximum absolute atomic E-state index is 12.6. The number of benzene rings is 1. The Labute approximate surface area is 157 Å². The van der Waals surface area contributed by atoms with Gasteiger partial charge in [0.25, 0.3) is 0 Å². The molecule has 1 aromatic carbocycles. The first-order chi connectivity index (χ1) is 13.2. The molecule has 7 nitrogen and oxygen atoms in total. The van der Waals surface area contributed by atoms with Gasteiger partial charge in [-0.05, 0) is 47.4 Å². The van der Waals surface area contributed by atoms with Gasteiger partial charge in [-0.2, -0.15) is 0 Å². The van der Waals surface area contributed by atoms with Crippen molar-refractivity contribution in [1.29, 1.82) is 0 Å². The van der Waals surface area contributed by atoms with Crippen LogP contribution in [0.25, 0.3) is 5.65 Å². The zero-order chi connectivity index (χ0) is 18.8. The number of imidazole rings is 1. The predicted molar refractivity (Wildman–Crippen MR) is 101 cm³/mol. The molecule has 0 unspecified atom stereocenters. The van der Waals surface area contributed by atoms with Crippen molar-refractivity contribution in [3.8, 4) is 11.5 Å². The fourth-order valence-electron chi connectivity index (χ4n) is 3.41. The van der Waals surface area contributed by atoms with Crippen molar-refractivity contribution < 1.29 is 14.3 Å². The molecule has 0 bridgehead atoms. The van der Waals surface area contributed by atoms with Gasteiger partial charge >= 0.3 is 6.03 Å². The topological polar surface area (TPSA) is 68.1 Å². The quantitative estimate of drug-likeness (QED) is 0.771. The summed E-state index contributed by atoms with van der Waals surface area (Å²) >= 11 is 0. The largest absolute Gasteiger partial charge is 0.493 e. The Balaban J connectivity index is 1.42. The first-order valence-corrected chi connectivity index (χ1v) is 8.86. The number of carbonyl (C=O) groups is 1. The maximum atomic E-state index is 12.6. The summed E-state index contributed by atoms with van der Waals surface area (Å²) in [6.45, 7) is 1.70. The summed E-state index contributed by atoms with van der Waals surface area (Å²) in [5.74, 6) is 1.41. The van der Waals surface area contributed by atoms with Gasteiger partial charge in [0.1, 0.15) is 5.65 Å². The van der Waals surface area contributed by atoms with E-state index in [0.29, 0.717) is 25.4 Å². The zero-order valence-electron chi connectivity index (χ0n) is 15.4. The van der Waals surface area contributed by atoms with Crippen molar-refractivity contribution in [2.45, 2.75) is 19.5 Å². The van der Waals surface area contributed by atoms with E-state index in [1.165, 1.54) is 5.56 Å². The summed E-state index contributed by atoms with van der Waals surface area (Å²) in [5, 5.41) is 3.00. The molecule has 1 N–H and O–H groups in total. The molecule has 1 aliphatic rings. The van der Waals surface area contributed by atoms with E-state index in [9.17, 15) is 4.79 Å². The Kier molecular flexibility index (Phi) is 4.58. The van der Waals surface area contributed by atoms with Crippen LogP contribution >= 0.6 is 0 Å². The van der Waals surface area contributed by atoms with E-state index in [-0.39, 0.29) is 6.03 Å². The normalized spacial score (nSPS) is 13.3. The molecule has 0 saturated heterocycles. The number of urea groups is 1. The molecule has 0 fully saturated rings. The van der Waals surface area contributed by atoms with E-state index in [0.717, 1.165) is 28.9 Å². The van der Waals surface area contributed by atoms with E-state index in [2.05, 4.69) is 10.3 Å². The number of nitrogens with zero attached hydrogens (tertiary/aromatic N) is 3. The number of aromatic nitrogens is 2. The fraction of sp³-hybridized carbons (Fsp3) is 0.300. The second kappa shape index (κ2) is 7.19. The molecule has 1 aliphatic heterocycles. The zero-order valence-corrected chi connectivity index (χ0v) is 15.4. The van der Waals surface area contributed by atoms with Gasteiger partial charge in [-0.1, -0.05) is 0 Å². The predicted octanol–water partition coefficient (Wildman–Crippen LogP) is 2.62. The van der Waals surface area contributed by atoms with E-state index in [1.54, 1.807) is 20.4 Å². The standard InChI is InChI=1S/C20H22N4O3/c1-26-17-10-15-4-7-24(13-16(15)11-18(17)27-2)20(25)22-12-14-3-6-23-8-5-21-19(23)9-14/h3,5-6,8-11H,4,7,12-13H2,1-2H3,(H,22,25). The molecule has 140 valence electrons. The summed E-state index contributed by atoms with van der Waals surface area (Å²) in [4.78, 5) is 18.7. The molecule has 0 saturated carbocycles. The summed E-state index contributed by atoms with van der Waals surface area (Å²) in [6, 6.07) is 7.85. The van der Waals surface area contributed by atoms with Gasteiger partial charge in [0.2, 0.25) is 0 Å². The van der Waals surface area contributed by atoms with Crippen molar-refractivity contribution in [2.24, 2.45) is 0 Å². The van der Waals surface area contributed by atoms with Crippen LogP contribution in [0.1, 0.15) is 16.7 Å². The van der Waals surface area contributed by atoms with Crippen LogP contribution in [0.5, 0.6) is 11.5 Å². The molecule has 2 amide bonds. The lowest BCUT2D eigenvalue weighted by molar-refractivity contribution is 0.191. The molecule has 3 aromatic rings. The van der Waals surface area contributed by atoms with Crippen LogP contribution in [0.2, 0.25) is 0 Å². The minimum atomic E-state index is -0.0707. The third-order valence-corrected chi connectivity index (χ3v) is 4.91. The van der Waals surface area contributed by atoms with Crippen LogP contribution in [0.3, 0.4) is 0 Å². The van der Waals surface area contributed by atoms with E-state index < -0.39 is 0 Å². The molecule has 0 spiro atoms. The smallest absolute Gasteiger partial charge is 0.317 e. The third-order valence-electron chi connectivity index (χ3n) is 4.91. The first-order valence-electron chi connectivity index (χ1n) is 8.86. The number of hydrogen-bond acceptors (Lipinski definition) is 4. The molecular formula is C20H22N4O3. The number of nitrogens with one attached hydrogen (secondary N) is 1. The molecule has 0 atom stereocenters. The highest BCUT2D eigenvalue weighted by Crippen LogP contribution is 2.33. The second-order valence-electron chi connectivity index (χ2n) is 6.53. The molecule has 7 heteroatoms. The number of amides is 2. The van der Waals surface area contributed by atoms with Crippen LogP contribution < -0.4 is 14.8 Å². The van der Waals surface area contributed by atoms with Gasteiger partial charge in [-0.3, -0.25) is 0 Å².